The summed E-state index contributed by atoms with van der Waals surface area (Å²) in [5, 5.41) is 3.01. The van der Waals surface area contributed by atoms with Gasteiger partial charge >= 0.3 is 0 Å². The highest BCUT2D eigenvalue weighted by atomic mass is 32.2. The zero-order chi connectivity index (χ0) is 22.5. The van der Waals surface area contributed by atoms with Gasteiger partial charge in [0.1, 0.15) is 0 Å². The van der Waals surface area contributed by atoms with E-state index in [2.05, 4.69) is 5.32 Å². The van der Waals surface area contributed by atoms with Crippen LogP contribution in [0, 0.1) is 5.92 Å². The van der Waals surface area contributed by atoms with Gasteiger partial charge in [0.05, 0.1) is 4.90 Å². The van der Waals surface area contributed by atoms with Crippen molar-refractivity contribution in [1.29, 1.82) is 0 Å². The number of carbonyl (C=O) groups excluding carboxylic acids is 2. The van der Waals surface area contributed by atoms with E-state index in [4.69, 9.17) is 0 Å². The van der Waals surface area contributed by atoms with Crippen LogP contribution in [-0.4, -0.2) is 61.7 Å². The molecule has 1 saturated heterocycles. The number of carbonyl (C=O) groups is 2. The fourth-order valence-corrected chi connectivity index (χ4v) is 5.00. The predicted octanol–water partition coefficient (Wildman–Crippen LogP) is 2.87. The van der Waals surface area contributed by atoms with Gasteiger partial charge in [0.15, 0.2) is 0 Å². The molecule has 1 fully saturated rings. The molecule has 0 spiro atoms. The van der Waals surface area contributed by atoms with Crippen molar-refractivity contribution in [2.24, 2.45) is 5.92 Å². The molecule has 0 aliphatic carbocycles. The van der Waals surface area contributed by atoms with Crippen LogP contribution >= 0.6 is 0 Å². The zero-order valence-electron chi connectivity index (χ0n) is 18.7. The molecule has 1 aliphatic heterocycles. The van der Waals surface area contributed by atoms with Crippen LogP contribution in [0.5, 0.6) is 0 Å². The third kappa shape index (κ3) is 5.60. The van der Waals surface area contributed by atoms with Gasteiger partial charge in [-0.05, 0) is 63.8 Å². The number of sulfonamides is 1. The summed E-state index contributed by atoms with van der Waals surface area (Å²) in [7, 11) is -2.03. The summed E-state index contributed by atoms with van der Waals surface area (Å²) >= 11 is 0. The smallest absolute Gasteiger partial charge is 0.251 e. The molecule has 1 aliphatic rings. The molecule has 1 N–H and O–H groups in total. The number of hydrogen-bond donors (Lipinski definition) is 1. The summed E-state index contributed by atoms with van der Waals surface area (Å²) in [6.07, 6.45) is 3.15. The van der Waals surface area contributed by atoms with Crippen molar-refractivity contribution < 1.29 is 18.0 Å². The quantitative estimate of drug-likeness (QED) is 0.677. The number of piperidine rings is 1. The number of benzene rings is 1. The highest BCUT2D eigenvalue weighted by Gasteiger charge is 2.28. The van der Waals surface area contributed by atoms with Gasteiger partial charge in [-0.3, -0.25) is 9.59 Å². The number of hydrogen-bond acceptors (Lipinski definition) is 4. The van der Waals surface area contributed by atoms with E-state index in [1.807, 2.05) is 32.6 Å². The van der Waals surface area contributed by atoms with Crippen LogP contribution in [0.2, 0.25) is 0 Å². The van der Waals surface area contributed by atoms with E-state index in [0.29, 0.717) is 18.7 Å². The molecule has 0 unspecified atom stereocenters. The molecule has 0 atom stereocenters. The molecule has 1 heterocycles. The maximum Gasteiger partial charge on any atom is 0.251 e. The second-order valence-corrected chi connectivity index (χ2v) is 10.2. The molecule has 2 amide bonds. The lowest BCUT2D eigenvalue weighted by atomic mass is 9.98. The predicted molar refractivity (Wildman–Crippen MR) is 118 cm³/mol. The molecule has 0 saturated carbocycles. The maximum atomic E-state index is 12.6. The molecule has 168 valence electrons. The van der Waals surface area contributed by atoms with Gasteiger partial charge in [-0.1, -0.05) is 13.8 Å². The second kappa shape index (κ2) is 10.4. The molecular formula is C22H35N3O4S. The van der Waals surface area contributed by atoms with Crippen LogP contribution in [0.25, 0.3) is 0 Å². The average molecular weight is 438 g/mol. The summed E-state index contributed by atoms with van der Waals surface area (Å²) in [5.41, 5.74) is 0.427. The number of nitrogens with one attached hydrogen (secondary N) is 1. The van der Waals surface area contributed by atoms with Crippen molar-refractivity contribution in [3.63, 3.8) is 0 Å². The van der Waals surface area contributed by atoms with Crippen LogP contribution in [0.1, 0.15) is 63.7 Å². The molecule has 7 nitrogen and oxygen atoms in total. The van der Waals surface area contributed by atoms with E-state index in [0.717, 1.165) is 25.7 Å². The van der Waals surface area contributed by atoms with Crippen molar-refractivity contribution in [2.45, 2.75) is 70.4 Å². The van der Waals surface area contributed by atoms with E-state index < -0.39 is 10.0 Å². The fourth-order valence-electron chi connectivity index (χ4n) is 3.63. The minimum Gasteiger partial charge on any atom is -0.349 e. The normalized spacial score (nSPS) is 15.8. The lowest BCUT2D eigenvalue weighted by Crippen LogP contribution is -2.48. The highest BCUT2D eigenvalue weighted by molar-refractivity contribution is 7.89. The molecule has 1 aromatic rings. The summed E-state index contributed by atoms with van der Waals surface area (Å²) in [4.78, 5) is 27.2. The monoisotopic (exact) mass is 437 g/mol. The Kier molecular flexibility index (Phi) is 8.43. The first-order valence-electron chi connectivity index (χ1n) is 10.8. The maximum absolute atomic E-state index is 12.6. The van der Waals surface area contributed by atoms with Crippen LogP contribution in [0.4, 0.5) is 0 Å². The minimum atomic E-state index is -3.57. The van der Waals surface area contributed by atoms with Crippen LogP contribution in [0.3, 0.4) is 0 Å². The van der Waals surface area contributed by atoms with Gasteiger partial charge in [0.2, 0.25) is 15.9 Å². The molecule has 8 heteroatoms. The number of amides is 2. The number of nitrogens with zero attached hydrogens (tertiary/aromatic N) is 2. The van der Waals surface area contributed by atoms with E-state index in [1.165, 1.54) is 16.4 Å². The lowest BCUT2D eigenvalue weighted by Gasteiger charge is -2.34. The molecule has 1 aromatic carbocycles. The Labute approximate surface area is 180 Å². The summed E-state index contributed by atoms with van der Waals surface area (Å²) < 4.78 is 26.4. The fraction of sp³-hybridized carbons (Fsp3) is 0.636. The van der Waals surface area contributed by atoms with Crippen molar-refractivity contribution in [1.82, 2.24) is 14.5 Å². The van der Waals surface area contributed by atoms with Gasteiger partial charge < -0.3 is 10.2 Å². The summed E-state index contributed by atoms with van der Waals surface area (Å²) in [6.45, 7) is 9.00. The Balaban J connectivity index is 1.94. The largest absolute Gasteiger partial charge is 0.349 e. The Morgan fingerprint density at radius 1 is 1.10 bits per heavy atom. The molecule has 2 rings (SSSR count). The molecular weight excluding hydrogens is 402 g/mol. The third-order valence-corrected chi connectivity index (χ3v) is 8.05. The van der Waals surface area contributed by atoms with E-state index in [-0.39, 0.29) is 34.7 Å². The number of likely N-dealkylation sites (tertiary alicyclic amines) is 1. The van der Waals surface area contributed by atoms with Crippen molar-refractivity contribution in [3.05, 3.63) is 29.8 Å². The van der Waals surface area contributed by atoms with E-state index >= 15 is 0 Å². The Morgan fingerprint density at radius 3 is 2.10 bits per heavy atom. The third-order valence-electron chi connectivity index (χ3n) is 6.00. The standard InChI is InChI=1S/C22H35N3O4S/c1-6-17(7-2)22(27)25-14-12-19(13-15-25)23-21(26)18-8-10-20(11-9-18)30(28,29)24(5)16(3)4/h8-11,16-17,19H,6-7,12-15H2,1-5H3,(H,23,26). The highest BCUT2D eigenvalue weighted by Crippen LogP contribution is 2.19. The molecule has 0 aromatic heterocycles. The first-order valence-corrected chi connectivity index (χ1v) is 12.2. The van der Waals surface area contributed by atoms with Gasteiger partial charge in [-0.2, -0.15) is 4.31 Å². The summed E-state index contributed by atoms with van der Waals surface area (Å²) in [5.74, 6) is 0.0783. The average Bonchev–Trinajstić information content (AvgIpc) is 2.74. The zero-order valence-corrected chi connectivity index (χ0v) is 19.5. The van der Waals surface area contributed by atoms with Gasteiger partial charge in [0, 0.05) is 43.7 Å². The topological polar surface area (TPSA) is 86.8 Å². The Morgan fingerprint density at radius 2 is 1.63 bits per heavy atom. The molecule has 0 bridgehead atoms. The second-order valence-electron chi connectivity index (χ2n) is 8.23. The SMILES string of the molecule is CCC(CC)C(=O)N1CCC(NC(=O)c2ccc(S(=O)(=O)N(C)C(C)C)cc2)CC1. The van der Waals surface area contributed by atoms with E-state index in [1.54, 1.807) is 19.2 Å². The van der Waals surface area contributed by atoms with Crippen molar-refractivity contribution >= 4 is 21.8 Å². The van der Waals surface area contributed by atoms with Gasteiger partial charge in [-0.15, -0.1) is 0 Å². The lowest BCUT2D eigenvalue weighted by molar-refractivity contribution is -0.136. The van der Waals surface area contributed by atoms with Crippen LogP contribution in [0.15, 0.2) is 29.2 Å². The van der Waals surface area contributed by atoms with Gasteiger partial charge in [0.25, 0.3) is 5.91 Å². The van der Waals surface area contributed by atoms with Gasteiger partial charge in [-0.25, -0.2) is 8.42 Å². The molecule has 0 radical (unpaired) electrons. The summed E-state index contributed by atoms with van der Waals surface area (Å²) in [6, 6.07) is 5.89. The number of rotatable bonds is 8. The first-order chi connectivity index (χ1) is 14.1. The molecule has 30 heavy (non-hydrogen) atoms. The first kappa shape index (κ1) is 24.3. The Bertz CT molecular complexity index is 824. The van der Waals surface area contributed by atoms with E-state index in [9.17, 15) is 18.0 Å². The van der Waals surface area contributed by atoms with Crippen LogP contribution in [-0.2, 0) is 14.8 Å². The van der Waals surface area contributed by atoms with Crippen molar-refractivity contribution in [3.8, 4) is 0 Å². The minimum absolute atomic E-state index is 0.0127. The van der Waals surface area contributed by atoms with Crippen LogP contribution < -0.4 is 5.32 Å². The Hall–Kier alpha value is -1.93. The van der Waals surface area contributed by atoms with Crippen molar-refractivity contribution in [2.75, 3.05) is 20.1 Å².